The number of aldehydes is 1. The van der Waals surface area contributed by atoms with E-state index in [9.17, 15) is 14.4 Å². The van der Waals surface area contributed by atoms with Gasteiger partial charge in [-0.2, -0.15) is 0 Å². The quantitative estimate of drug-likeness (QED) is 0.209. The van der Waals surface area contributed by atoms with E-state index in [1.54, 1.807) is 22.9 Å². The maximum absolute atomic E-state index is 15.4. The molecule has 6 nitrogen and oxygen atoms in total. The number of likely N-dealkylation sites (tertiary alicyclic amines) is 1. The number of carbonyl (C=O) groups is 3. The van der Waals surface area contributed by atoms with Gasteiger partial charge in [-0.1, -0.05) is 42.6 Å². The smallest absolute Gasteiger partial charge is 0.257 e. The van der Waals surface area contributed by atoms with Crippen molar-refractivity contribution in [3.05, 3.63) is 79.8 Å². The number of nitrogens with zero attached hydrogens (tertiary/aromatic N) is 2. The number of benzene rings is 2. The van der Waals surface area contributed by atoms with Gasteiger partial charge in [-0.25, -0.2) is 9.37 Å². The Bertz CT molecular complexity index is 1620. The van der Waals surface area contributed by atoms with Gasteiger partial charge in [0.1, 0.15) is 17.1 Å². The Morgan fingerprint density at radius 2 is 2.02 bits per heavy atom. The van der Waals surface area contributed by atoms with Gasteiger partial charge in [0, 0.05) is 39.0 Å². The highest BCUT2D eigenvalue weighted by Crippen LogP contribution is 2.47. The maximum Gasteiger partial charge on any atom is 0.257 e. The van der Waals surface area contributed by atoms with Gasteiger partial charge in [-0.15, -0.1) is 22.7 Å². The molecule has 0 radical (unpaired) electrons. The van der Waals surface area contributed by atoms with Crippen molar-refractivity contribution in [2.24, 2.45) is 5.92 Å². The number of anilines is 1. The number of aryl methyl sites for hydroxylation is 1. The number of thiophene rings is 1. The average molecular weight is 610 g/mol. The normalized spacial score (nSPS) is 20.2. The molecule has 41 heavy (non-hydrogen) atoms. The van der Waals surface area contributed by atoms with E-state index in [4.69, 9.17) is 11.6 Å². The lowest BCUT2D eigenvalue weighted by atomic mass is 9.84. The van der Waals surface area contributed by atoms with Crippen LogP contribution in [0, 0.1) is 11.7 Å². The zero-order chi connectivity index (χ0) is 28.5. The molecule has 4 aromatic rings. The molecule has 0 bridgehead atoms. The molecule has 10 heteroatoms. The fraction of sp³-hybridized carbons (Fsp3) is 0.355. The third-order valence-corrected chi connectivity index (χ3v) is 10.6. The molecule has 6 rings (SSSR count). The Balaban J connectivity index is 1.21. The number of hydrogen-bond donors (Lipinski definition) is 1. The second-order valence-electron chi connectivity index (χ2n) is 10.7. The molecule has 3 heterocycles. The highest BCUT2D eigenvalue weighted by Gasteiger charge is 2.46. The summed E-state index contributed by atoms with van der Waals surface area (Å²) < 4.78 is 16.4. The number of fused-ring (bicyclic) bond motifs is 2. The molecule has 2 aromatic heterocycles. The summed E-state index contributed by atoms with van der Waals surface area (Å²) in [5, 5.41) is 6.39. The lowest BCUT2D eigenvalue weighted by molar-refractivity contribution is -0.134. The van der Waals surface area contributed by atoms with E-state index in [2.05, 4.69) is 10.3 Å². The summed E-state index contributed by atoms with van der Waals surface area (Å²) in [5.41, 5.74) is 0.862. The van der Waals surface area contributed by atoms with Gasteiger partial charge in [0.15, 0.2) is 0 Å². The molecule has 2 amide bonds. The molecular weight excluding hydrogens is 581 g/mol. The number of rotatable bonds is 8. The zero-order valence-electron chi connectivity index (χ0n) is 22.3. The standard InChI is InChI=1S/C31H29ClFN3O3S2/c32-23-12-19(24(33)15-25(23)35-30(39)22-17-40-28-10-4-2-8-21(22)28)14-29(38)36-26-9-3-1-6-18(26)13-27(36)31-34-16-20(41-31)7-5-11-37/h2,4,8,10-12,15-18,26-27H,1,3,5-7,9,13-14H2,(H,35,39)/t18-,26-,27-/m0/s1. The first kappa shape index (κ1) is 28.0. The van der Waals surface area contributed by atoms with Gasteiger partial charge >= 0.3 is 0 Å². The fourth-order valence-electron chi connectivity index (χ4n) is 6.25. The highest BCUT2D eigenvalue weighted by molar-refractivity contribution is 7.17. The third kappa shape index (κ3) is 5.67. The minimum absolute atomic E-state index is 0.112. The zero-order valence-corrected chi connectivity index (χ0v) is 24.7. The van der Waals surface area contributed by atoms with Gasteiger partial charge in [-0.3, -0.25) is 9.59 Å². The van der Waals surface area contributed by atoms with Crippen LogP contribution >= 0.6 is 34.3 Å². The van der Waals surface area contributed by atoms with Crippen LogP contribution in [0.25, 0.3) is 10.1 Å². The van der Waals surface area contributed by atoms with Crippen LogP contribution in [0.15, 0.2) is 48.0 Å². The van der Waals surface area contributed by atoms with Crippen LogP contribution in [-0.2, 0) is 22.4 Å². The van der Waals surface area contributed by atoms with E-state index >= 15 is 4.39 Å². The topological polar surface area (TPSA) is 79.4 Å². The second-order valence-corrected chi connectivity index (χ2v) is 13.2. The van der Waals surface area contributed by atoms with Crippen molar-refractivity contribution in [1.82, 2.24) is 9.88 Å². The molecule has 2 fully saturated rings. The summed E-state index contributed by atoms with van der Waals surface area (Å²) >= 11 is 9.53. The fourth-order valence-corrected chi connectivity index (χ4v) is 8.47. The minimum atomic E-state index is -0.588. The molecule has 1 saturated heterocycles. The summed E-state index contributed by atoms with van der Waals surface area (Å²) in [6.07, 6.45) is 8.74. The summed E-state index contributed by atoms with van der Waals surface area (Å²) in [5.74, 6) is -0.703. The van der Waals surface area contributed by atoms with Crippen molar-refractivity contribution >= 4 is 68.1 Å². The number of nitrogens with one attached hydrogen (secondary N) is 1. The maximum atomic E-state index is 15.4. The van der Waals surface area contributed by atoms with Crippen LogP contribution in [0.3, 0.4) is 0 Å². The molecule has 1 aliphatic heterocycles. The molecule has 0 spiro atoms. The average Bonchev–Trinajstić information content (AvgIpc) is 3.71. The first-order chi connectivity index (χ1) is 19.9. The van der Waals surface area contributed by atoms with Gasteiger partial charge in [0.05, 0.1) is 28.7 Å². The predicted octanol–water partition coefficient (Wildman–Crippen LogP) is 7.61. The van der Waals surface area contributed by atoms with E-state index < -0.39 is 5.82 Å². The van der Waals surface area contributed by atoms with Crippen LogP contribution in [0.5, 0.6) is 0 Å². The Morgan fingerprint density at radius 1 is 1.20 bits per heavy atom. The van der Waals surface area contributed by atoms with Crippen LogP contribution < -0.4 is 5.32 Å². The number of hydrogen-bond acceptors (Lipinski definition) is 6. The number of thiazole rings is 1. The van der Waals surface area contributed by atoms with Crippen LogP contribution in [0.2, 0.25) is 5.02 Å². The van der Waals surface area contributed by atoms with E-state index in [0.717, 1.165) is 58.4 Å². The monoisotopic (exact) mass is 609 g/mol. The number of carbonyl (C=O) groups excluding carboxylic acids is 3. The minimum Gasteiger partial charge on any atom is -0.330 e. The third-order valence-electron chi connectivity index (χ3n) is 8.19. The second kappa shape index (κ2) is 12.0. The van der Waals surface area contributed by atoms with Crippen molar-refractivity contribution in [3.63, 3.8) is 0 Å². The molecule has 1 N–H and O–H groups in total. The summed E-state index contributed by atoms with van der Waals surface area (Å²) in [7, 11) is 0. The predicted molar refractivity (Wildman–Crippen MR) is 161 cm³/mol. The summed E-state index contributed by atoms with van der Waals surface area (Å²) in [4.78, 5) is 45.2. The molecular formula is C31H29ClFN3O3S2. The number of amides is 2. The Hall–Kier alpha value is -3.14. The molecule has 2 aromatic carbocycles. The van der Waals surface area contributed by atoms with Gasteiger partial charge < -0.3 is 15.0 Å². The van der Waals surface area contributed by atoms with Gasteiger partial charge in [-0.05, 0) is 55.4 Å². The molecule has 0 unspecified atom stereocenters. The van der Waals surface area contributed by atoms with Crippen LogP contribution in [-0.4, -0.2) is 34.0 Å². The van der Waals surface area contributed by atoms with Crippen molar-refractivity contribution in [2.75, 3.05) is 5.32 Å². The van der Waals surface area contributed by atoms with E-state index in [1.807, 2.05) is 29.2 Å². The molecule has 1 aliphatic carbocycles. The lowest BCUT2D eigenvalue weighted by Crippen LogP contribution is -2.41. The van der Waals surface area contributed by atoms with Gasteiger partial charge in [0.2, 0.25) is 5.91 Å². The Kier molecular flexibility index (Phi) is 8.19. The molecule has 3 atom stereocenters. The van der Waals surface area contributed by atoms with Crippen molar-refractivity contribution in [1.29, 1.82) is 0 Å². The summed E-state index contributed by atoms with van der Waals surface area (Å²) in [6, 6.07) is 10.2. The largest absolute Gasteiger partial charge is 0.330 e. The van der Waals surface area contributed by atoms with E-state index in [0.29, 0.717) is 24.3 Å². The first-order valence-electron chi connectivity index (χ1n) is 13.9. The van der Waals surface area contributed by atoms with Crippen LogP contribution in [0.1, 0.15) is 70.4 Å². The van der Waals surface area contributed by atoms with Crippen molar-refractivity contribution < 1.29 is 18.8 Å². The molecule has 1 saturated carbocycles. The van der Waals surface area contributed by atoms with Crippen molar-refractivity contribution in [2.45, 2.75) is 63.5 Å². The SMILES string of the molecule is O=CCCc1cnc([C@@H]2C[C@@H]3CCCC[C@@H]3N2C(=O)Cc2cc(Cl)c(NC(=O)c3csc4ccccc34)cc2F)s1. The van der Waals surface area contributed by atoms with E-state index in [-0.39, 0.29) is 46.6 Å². The summed E-state index contributed by atoms with van der Waals surface area (Å²) in [6.45, 7) is 0. The first-order valence-corrected chi connectivity index (χ1v) is 15.9. The molecule has 212 valence electrons. The number of aromatic nitrogens is 1. The Morgan fingerprint density at radius 3 is 2.88 bits per heavy atom. The Labute approximate surface area is 250 Å². The van der Waals surface area contributed by atoms with Gasteiger partial charge in [0.25, 0.3) is 5.91 Å². The van der Waals surface area contributed by atoms with Crippen molar-refractivity contribution in [3.8, 4) is 0 Å². The van der Waals surface area contributed by atoms with Crippen LogP contribution in [0.4, 0.5) is 10.1 Å². The number of halogens is 2. The van der Waals surface area contributed by atoms with E-state index in [1.165, 1.54) is 23.5 Å². The molecule has 2 aliphatic rings. The highest BCUT2D eigenvalue weighted by atomic mass is 35.5. The lowest BCUT2D eigenvalue weighted by Gasteiger charge is -2.33.